The topological polar surface area (TPSA) is 51.1 Å². The zero-order chi connectivity index (χ0) is 8.81. The van der Waals surface area contributed by atoms with Gasteiger partial charge in [0.15, 0.2) is 0 Å². The van der Waals surface area contributed by atoms with E-state index in [1.807, 2.05) is 0 Å². The van der Waals surface area contributed by atoms with E-state index in [4.69, 9.17) is 0 Å². The highest BCUT2D eigenvalue weighted by Crippen LogP contribution is 2.06. The highest BCUT2D eigenvalue weighted by atomic mass is 16.7. The lowest BCUT2D eigenvalue weighted by atomic mass is 10.1. The minimum atomic E-state index is 0.443. The molecule has 68 valence electrons. The molecule has 1 fully saturated rings. The molecule has 1 aliphatic rings. The number of nitrogens with zero attached hydrogens (tertiary/aromatic N) is 2. The second-order valence-electron chi connectivity index (χ2n) is 2.47. The third-order valence-electron chi connectivity index (χ3n) is 1.71. The molecule has 1 heterocycles. The molecule has 0 spiro atoms. The van der Waals surface area contributed by atoms with Crippen molar-refractivity contribution in [2.45, 2.75) is 12.8 Å². The van der Waals surface area contributed by atoms with Gasteiger partial charge in [-0.1, -0.05) is 5.16 Å². The quantitative estimate of drug-likeness (QED) is 0.450. The maximum absolute atomic E-state index is 9.96. The maximum Gasteiger partial charge on any atom is 0.312 e. The molecule has 0 unspecified atom stereocenters. The van der Waals surface area contributed by atoms with Gasteiger partial charge in [0.25, 0.3) is 0 Å². The second kappa shape index (κ2) is 4.71. The van der Waals surface area contributed by atoms with Crippen LogP contribution in [0.5, 0.6) is 0 Å². The Morgan fingerprint density at radius 2 is 2.17 bits per heavy atom. The zero-order valence-corrected chi connectivity index (χ0v) is 7.02. The Balaban J connectivity index is 2.29. The van der Waals surface area contributed by atoms with E-state index in [0.717, 1.165) is 18.6 Å². The molecular formula is C7H12N2O3. The van der Waals surface area contributed by atoms with Gasteiger partial charge in [-0.3, -0.25) is 4.79 Å². The van der Waals surface area contributed by atoms with E-state index >= 15 is 0 Å². The Hall–Kier alpha value is -1.10. The summed E-state index contributed by atoms with van der Waals surface area (Å²) >= 11 is 0. The molecule has 12 heavy (non-hydrogen) atoms. The number of hydrogen-bond donors (Lipinski definition) is 0. The second-order valence-corrected chi connectivity index (χ2v) is 2.47. The summed E-state index contributed by atoms with van der Waals surface area (Å²) in [6.07, 6.45) is 1.59. The van der Waals surface area contributed by atoms with Gasteiger partial charge in [-0.25, -0.2) is 0 Å². The summed E-state index contributed by atoms with van der Waals surface area (Å²) in [5.41, 5.74) is 1.02. The summed E-state index contributed by atoms with van der Waals surface area (Å²) in [5.74, 6) is 0. The first-order chi connectivity index (χ1) is 5.86. The summed E-state index contributed by atoms with van der Waals surface area (Å²) in [7, 11) is 1.53. The van der Waals surface area contributed by atoms with Crippen molar-refractivity contribution in [2.24, 2.45) is 5.16 Å². The van der Waals surface area contributed by atoms with Gasteiger partial charge in [0, 0.05) is 25.9 Å². The Labute approximate surface area is 70.9 Å². The molecule has 0 aromatic rings. The van der Waals surface area contributed by atoms with Crippen LogP contribution in [0.15, 0.2) is 5.16 Å². The molecule has 0 aromatic heterocycles. The normalized spacial score (nSPS) is 18.6. The first-order valence-corrected chi connectivity index (χ1v) is 3.81. The standard InChI is InChI=1S/C7H12N2O3/c1-11-8-7-2-4-9(5-3-7)12-6-10/h6H,2-5H2,1H3. The molecule has 0 aliphatic carbocycles. The number of rotatable bonds is 3. The van der Waals surface area contributed by atoms with Crippen molar-refractivity contribution in [3.05, 3.63) is 0 Å². The smallest absolute Gasteiger partial charge is 0.312 e. The van der Waals surface area contributed by atoms with Crippen LogP contribution in [0.3, 0.4) is 0 Å². The molecule has 0 bridgehead atoms. The van der Waals surface area contributed by atoms with Crippen molar-refractivity contribution in [3.63, 3.8) is 0 Å². The summed E-state index contributed by atoms with van der Waals surface area (Å²) < 4.78 is 0. The van der Waals surface area contributed by atoms with Crippen LogP contribution in [-0.2, 0) is 14.5 Å². The number of piperidine rings is 1. The van der Waals surface area contributed by atoms with Crippen LogP contribution in [0.25, 0.3) is 0 Å². The van der Waals surface area contributed by atoms with Gasteiger partial charge in [-0.2, -0.15) is 0 Å². The van der Waals surface area contributed by atoms with Gasteiger partial charge in [0.05, 0.1) is 5.71 Å². The summed E-state index contributed by atoms with van der Waals surface area (Å²) in [6.45, 7) is 1.83. The van der Waals surface area contributed by atoms with Crippen LogP contribution in [0.4, 0.5) is 0 Å². The minimum absolute atomic E-state index is 0.443. The first kappa shape index (κ1) is 8.99. The molecule has 1 aliphatic heterocycles. The van der Waals surface area contributed by atoms with Crippen molar-refractivity contribution in [1.82, 2.24) is 5.06 Å². The number of carbonyl (C=O) groups is 1. The van der Waals surface area contributed by atoms with Gasteiger partial charge >= 0.3 is 6.47 Å². The summed E-state index contributed by atoms with van der Waals surface area (Å²) in [6, 6.07) is 0. The van der Waals surface area contributed by atoms with Crippen molar-refractivity contribution < 1.29 is 14.5 Å². The van der Waals surface area contributed by atoms with Crippen LogP contribution in [0.1, 0.15) is 12.8 Å². The van der Waals surface area contributed by atoms with Crippen LogP contribution in [-0.4, -0.2) is 37.4 Å². The van der Waals surface area contributed by atoms with Crippen LogP contribution in [0.2, 0.25) is 0 Å². The predicted octanol–water partition coefficient (Wildman–Crippen LogP) is 0.173. The van der Waals surface area contributed by atoms with Crippen molar-refractivity contribution >= 4 is 12.2 Å². The molecule has 5 nitrogen and oxygen atoms in total. The largest absolute Gasteiger partial charge is 0.399 e. The van der Waals surface area contributed by atoms with Crippen molar-refractivity contribution in [2.75, 3.05) is 20.2 Å². The number of hydroxylamine groups is 2. The van der Waals surface area contributed by atoms with Crippen molar-refractivity contribution in [1.29, 1.82) is 0 Å². The third-order valence-corrected chi connectivity index (χ3v) is 1.71. The molecule has 0 atom stereocenters. The van der Waals surface area contributed by atoms with E-state index in [1.165, 1.54) is 7.11 Å². The first-order valence-electron chi connectivity index (χ1n) is 3.81. The van der Waals surface area contributed by atoms with E-state index < -0.39 is 0 Å². The van der Waals surface area contributed by atoms with E-state index in [1.54, 1.807) is 5.06 Å². The Morgan fingerprint density at radius 1 is 1.50 bits per heavy atom. The fourth-order valence-electron chi connectivity index (χ4n) is 1.13. The summed E-state index contributed by atoms with van der Waals surface area (Å²) in [4.78, 5) is 19.3. The van der Waals surface area contributed by atoms with Gasteiger partial charge < -0.3 is 9.68 Å². The van der Waals surface area contributed by atoms with Gasteiger partial charge in [0.2, 0.25) is 0 Å². The predicted molar refractivity (Wildman–Crippen MR) is 42.4 cm³/mol. The Bertz CT molecular complexity index is 171. The molecule has 0 aromatic carbocycles. The Kier molecular flexibility index (Phi) is 3.53. The highest BCUT2D eigenvalue weighted by Gasteiger charge is 2.15. The van der Waals surface area contributed by atoms with Gasteiger partial charge in [-0.15, -0.1) is 5.06 Å². The zero-order valence-electron chi connectivity index (χ0n) is 7.02. The lowest BCUT2D eigenvalue weighted by molar-refractivity contribution is -0.174. The minimum Gasteiger partial charge on any atom is -0.399 e. The molecule has 1 saturated heterocycles. The molecule has 0 N–H and O–H groups in total. The van der Waals surface area contributed by atoms with E-state index in [0.29, 0.717) is 19.6 Å². The lowest BCUT2D eigenvalue weighted by Gasteiger charge is -2.23. The molecule has 0 saturated carbocycles. The average molecular weight is 172 g/mol. The molecule has 1 rings (SSSR count). The fourth-order valence-corrected chi connectivity index (χ4v) is 1.13. The van der Waals surface area contributed by atoms with Crippen LogP contribution in [0, 0.1) is 0 Å². The third kappa shape index (κ3) is 2.50. The summed E-state index contributed by atoms with van der Waals surface area (Å²) in [5, 5.41) is 5.44. The van der Waals surface area contributed by atoms with Gasteiger partial charge in [-0.05, 0) is 0 Å². The molecular weight excluding hydrogens is 160 g/mol. The average Bonchev–Trinajstić information content (AvgIpc) is 2.09. The highest BCUT2D eigenvalue weighted by molar-refractivity contribution is 5.84. The van der Waals surface area contributed by atoms with Crippen LogP contribution < -0.4 is 0 Å². The SMILES string of the molecule is CON=C1CCN(OC=O)CC1. The Morgan fingerprint density at radius 3 is 2.67 bits per heavy atom. The monoisotopic (exact) mass is 172 g/mol. The molecule has 0 amide bonds. The van der Waals surface area contributed by atoms with E-state index in [-0.39, 0.29) is 0 Å². The molecule has 0 radical (unpaired) electrons. The number of carbonyl (C=O) groups excluding carboxylic acids is 1. The maximum atomic E-state index is 9.96. The van der Waals surface area contributed by atoms with E-state index in [9.17, 15) is 4.79 Å². The van der Waals surface area contributed by atoms with Crippen LogP contribution >= 0.6 is 0 Å². The molecule has 5 heteroatoms. The number of hydrogen-bond acceptors (Lipinski definition) is 5. The van der Waals surface area contributed by atoms with E-state index in [2.05, 4.69) is 14.8 Å². The number of oxime groups is 1. The lowest BCUT2D eigenvalue weighted by Crippen LogP contribution is -2.33. The fraction of sp³-hybridized carbons (Fsp3) is 0.714. The van der Waals surface area contributed by atoms with Gasteiger partial charge in [0.1, 0.15) is 7.11 Å². The van der Waals surface area contributed by atoms with Crippen molar-refractivity contribution in [3.8, 4) is 0 Å².